The number of carbonyl (C=O) groups excluding carboxylic acids is 1. The highest BCUT2D eigenvalue weighted by Crippen LogP contribution is 2.27. The van der Waals surface area contributed by atoms with Gasteiger partial charge in [-0.25, -0.2) is 4.98 Å². The summed E-state index contributed by atoms with van der Waals surface area (Å²) in [5, 5.41) is 2.75. The van der Waals surface area contributed by atoms with E-state index in [2.05, 4.69) is 4.98 Å². The molecule has 0 atom stereocenters. The van der Waals surface area contributed by atoms with Crippen LogP contribution < -0.4 is 0 Å². The first kappa shape index (κ1) is 11.2. The van der Waals surface area contributed by atoms with Crippen LogP contribution in [0.3, 0.4) is 0 Å². The maximum Gasteiger partial charge on any atom is 0.318 e. The summed E-state index contributed by atoms with van der Waals surface area (Å²) in [6, 6.07) is 0. The second-order valence-electron chi connectivity index (χ2n) is 3.64. The fraction of sp³-hybridized carbons (Fsp3) is 0.600. The highest BCUT2D eigenvalue weighted by atomic mass is 32.1. The lowest BCUT2D eigenvalue weighted by atomic mass is 9.95. The maximum absolute atomic E-state index is 11.6. The van der Waals surface area contributed by atoms with E-state index in [1.54, 1.807) is 6.92 Å². The van der Waals surface area contributed by atoms with Gasteiger partial charge in [-0.3, -0.25) is 4.79 Å². The lowest BCUT2D eigenvalue weighted by molar-refractivity contribution is -0.148. The highest BCUT2D eigenvalue weighted by molar-refractivity contribution is 7.10. The van der Waals surface area contributed by atoms with Gasteiger partial charge in [-0.1, -0.05) is 0 Å². The van der Waals surface area contributed by atoms with Crippen molar-refractivity contribution in [2.45, 2.75) is 33.1 Å². The van der Waals surface area contributed by atoms with Gasteiger partial charge in [0.05, 0.1) is 6.61 Å². The zero-order valence-corrected chi connectivity index (χ0v) is 9.77. The van der Waals surface area contributed by atoms with Gasteiger partial charge in [0, 0.05) is 11.1 Å². The third-order valence-electron chi connectivity index (χ3n) is 1.94. The molecule has 0 N–H and O–H groups in total. The van der Waals surface area contributed by atoms with E-state index in [0.29, 0.717) is 6.61 Å². The molecular formula is C10H15NO2S. The predicted octanol–water partition coefficient (Wildman–Crippen LogP) is 2.29. The average Bonchev–Trinajstić information content (AvgIpc) is 2.52. The number of nitrogens with zero attached hydrogens (tertiary/aromatic N) is 1. The number of carbonyl (C=O) groups is 1. The normalized spacial score (nSPS) is 11.4. The molecule has 4 heteroatoms. The largest absolute Gasteiger partial charge is 0.465 e. The monoisotopic (exact) mass is 213 g/mol. The molecule has 0 aromatic carbocycles. The zero-order valence-electron chi connectivity index (χ0n) is 8.96. The molecule has 1 heterocycles. The van der Waals surface area contributed by atoms with Gasteiger partial charge in [0.15, 0.2) is 0 Å². The maximum atomic E-state index is 11.6. The number of aryl methyl sites for hydroxylation is 1. The number of ether oxygens (including phenoxy) is 1. The minimum atomic E-state index is -0.630. The van der Waals surface area contributed by atoms with Crippen molar-refractivity contribution in [3.05, 3.63) is 16.1 Å². The molecule has 0 saturated carbocycles. The minimum Gasteiger partial charge on any atom is -0.465 e. The summed E-state index contributed by atoms with van der Waals surface area (Å²) in [6.07, 6.45) is 0. The second kappa shape index (κ2) is 4.09. The van der Waals surface area contributed by atoms with Crippen molar-refractivity contribution in [2.75, 3.05) is 6.61 Å². The molecule has 1 aromatic rings. The van der Waals surface area contributed by atoms with Crippen LogP contribution in [0.2, 0.25) is 0 Å². The van der Waals surface area contributed by atoms with Crippen molar-refractivity contribution < 1.29 is 9.53 Å². The fourth-order valence-corrected chi connectivity index (χ4v) is 1.95. The van der Waals surface area contributed by atoms with E-state index in [1.165, 1.54) is 11.3 Å². The molecule has 0 radical (unpaired) electrons. The van der Waals surface area contributed by atoms with E-state index >= 15 is 0 Å². The Kier molecular flexibility index (Phi) is 3.26. The number of hydrogen-bond acceptors (Lipinski definition) is 4. The molecule has 0 saturated heterocycles. The predicted molar refractivity (Wildman–Crippen MR) is 56.5 cm³/mol. The molecule has 3 nitrogen and oxygen atoms in total. The summed E-state index contributed by atoms with van der Waals surface area (Å²) < 4.78 is 5.00. The quantitative estimate of drug-likeness (QED) is 0.723. The smallest absolute Gasteiger partial charge is 0.318 e. The van der Waals surface area contributed by atoms with Crippen molar-refractivity contribution in [2.24, 2.45) is 0 Å². The van der Waals surface area contributed by atoms with Gasteiger partial charge in [-0.2, -0.15) is 0 Å². The van der Waals surface area contributed by atoms with Crippen molar-refractivity contribution in [3.8, 4) is 0 Å². The number of aromatic nitrogens is 1. The molecule has 78 valence electrons. The number of thiazole rings is 1. The third-order valence-corrected chi connectivity index (χ3v) is 3.22. The Bertz CT molecular complexity index is 331. The summed E-state index contributed by atoms with van der Waals surface area (Å²) in [5.74, 6) is -0.214. The van der Waals surface area contributed by atoms with Crippen LogP contribution in [0.5, 0.6) is 0 Å². The molecule has 1 aromatic heterocycles. The minimum absolute atomic E-state index is 0.214. The van der Waals surface area contributed by atoms with E-state index in [4.69, 9.17) is 4.74 Å². The summed E-state index contributed by atoms with van der Waals surface area (Å²) in [4.78, 5) is 15.9. The van der Waals surface area contributed by atoms with E-state index in [-0.39, 0.29) is 5.97 Å². The van der Waals surface area contributed by atoms with Crippen molar-refractivity contribution >= 4 is 17.3 Å². The third kappa shape index (κ3) is 2.12. The molecule has 0 aliphatic rings. The molecule has 0 fully saturated rings. The first-order valence-corrected chi connectivity index (χ1v) is 5.46. The van der Waals surface area contributed by atoms with Gasteiger partial charge >= 0.3 is 5.97 Å². The SMILES string of the molecule is CCOC(=O)C(C)(C)c1nc(C)cs1. The zero-order chi connectivity index (χ0) is 10.8. The first-order valence-electron chi connectivity index (χ1n) is 4.58. The van der Waals surface area contributed by atoms with Crippen LogP contribution in [-0.2, 0) is 14.9 Å². The van der Waals surface area contributed by atoms with E-state index in [1.807, 2.05) is 26.2 Å². The number of esters is 1. The Morgan fingerprint density at radius 2 is 2.29 bits per heavy atom. The Morgan fingerprint density at radius 3 is 2.71 bits per heavy atom. The molecule has 0 amide bonds. The summed E-state index contributed by atoms with van der Waals surface area (Å²) >= 11 is 1.50. The van der Waals surface area contributed by atoms with Crippen LogP contribution in [0.1, 0.15) is 31.5 Å². The molecule has 0 bridgehead atoms. The average molecular weight is 213 g/mol. The summed E-state index contributed by atoms with van der Waals surface area (Å²) in [7, 11) is 0. The Hall–Kier alpha value is -0.900. The van der Waals surface area contributed by atoms with Crippen LogP contribution in [-0.4, -0.2) is 17.6 Å². The number of hydrogen-bond donors (Lipinski definition) is 0. The Morgan fingerprint density at radius 1 is 1.64 bits per heavy atom. The van der Waals surface area contributed by atoms with Crippen LogP contribution in [0, 0.1) is 6.92 Å². The summed E-state index contributed by atoms with van der Waals surface area (Å²) in [6.45, 7) is 7.81. The van der Waals surface area contributed by atoms with Gasteiger partial charge in [0.2, 0.25) is 0 Å². The first-order chi connectivity index (χ1) is 6.48. The molecule has 0 spiro atoms. The van der Waals surface area contributed by atoms with Crippen LogP contribution in [0.4, 0.5) is 0 Å². The molecule has 1 rings (SSSR count). The second-order valence-corrected chi connectivity index (χ2v) is 4.50. The van der Waals surface area contributed by atoms with Gasteiger partial charge in [-0.05, 0) is 27.7 Å². The van der Waals surface area contributed by atoms with Gasteiger partial charge in [0.25, 0.3) is 0 Å². The fourth-order valence-electron chi connectivity index (χ4n) is 1.04. The molecule has 0 unspecified atom stereocenters. The summed E-state index contributed by atoms with van der Waals surface area (Å²) in [5.41, 5.74) is 0.317. The lowest BCUT2D eigenvalue weighted by Crippen LogP contribution is -2.31. The van der Waals surface area contributed by atoms with Gasteiger partial charge in [0.1, 0.15) is 10.4 Å². The van der Waals surface area contributed by atoms with Crippen LogP contribution >= 0.6 is 11.3 Å². The highest BCUT2D eigenvalue weighted by Gasteiger charge is 2.34. The lowest BCUT2D eigenvalue weighted by Gasteiger charge is -2.19. The topological polar surface area (TPSA) is 39.2 Å². The van der Waals surface area contributed by atoms with Crippen molar-refractivity contribution in [3.63, 3.8) is 0 Å². The Labute approximate surface area is 88.1 Å². The molecule has 0 aliphatic carbocycles. The van der Waals surface area contributed by atoms with E-state index in [9.17, 15) is 4.79 Å². The Balaban J connectivity index is 2.89. The van der Waals surface area contributed by atoms with Gasteiger partial charge < -0.3 is 4.74 Å². The molecule has 14 heavy (non-hydrogen) atoms. The van der Waals surface area contributed by atoms with Crippen LogP contribution in [0.25, 0.3) is 0 Å². The van der Waals surface area contributed by atoms with Crippen LogP contribution in [0.15, 0.2) is 5.38 Å². The standard InChI is InChI=1S/C10H15NO2S/c1-5-13-9(12)10(3,4)8-11-7(2)6-14-8/h6H,5H2,1-4H3. The van der Waals surface area contributed by atoms with Crippen molar-refractivity contribution in [1.29, 1.82) is 0 Å². The van der Waals surface area contributed by atoms with E-state index < -0.39 is 5.41 Å². The molecule has 0 aliphatic heterocycles. The molecular weight excluding hydrogens is 198 g/mol. The van der Waals surface area contributed by atoms with E-state index in [0.717, 1.165) is 10.7 Å². The number of rotatable bonds is 3. The van der Waals surface area contributed by atoms with Gasteiger partial charge in [-0.15, -0.1) is 11.3 Å². The van der Waals surface area contributed by atoms with Crippen molar-refractivity contribution in [1.82, 2.24) is 4.98 Å².